The smallest absolute Gasteiger partial charge is 0.257 e. The van der Waals surface area contributed by atoms with Gasteiger partial charge in [0.15, 0.2) is 0 Å². The molecule has 5 nitrogen and oxygen atoms in total. The van der Waals surface area contributed by atoms with Crippen LogP contribution in [0.3, 0.4) is 0 Å². The number of rotatable bonds is 3. The molecule has 1 fully saturated rings. The molecule has 2 aliphatic rings. The molecule has 2 aliphatic heterocycles. The third kappa shape index (κ3) is 3.40. The fraction of sp³-hybridized carbons (Fsp3) is 0.391. The van der Waals surface area contributed by atoms with Crippen LogP contribution in [0.1, 0.15) is 40.7 Å². The lowest BCUT2D eigenvalue weighted by molar-refractivity contribution is 0.0623. The molecule has 0 unspecified atom stereocenters. The molecule has 1 saturated heterocycles. The van der Waals surface area contributed by atoms with Crippen molar-refractivity contribution >= 4 is 27.5 Å². The van der Waals surface area contributed by atoms with Crippen LogP contribution in [-0.4, -0.2) is 53.0 Å². The zero-order valence-electron chi connectivity index (χ0n) is 16.8. The zero-order valence-corrected chi connectivity index (χ0v) is 17.6. The summed E-state index contributed by atoms with van der Waals surface area (Å²) in [5, 5.41) is 1.14. The summed E-state index contributed by atoms with van der Waals surface area (Å²) in [5.41, 5.74) is 2.93. The van der Waals surface area contributed by atoms with Crippen molar-refractivity contribution < 1.29 is 9.53 Å². The second-order valence-electron chi connectivity index (χ2n) is 7.98. The van der Waals surface area contributed by atoms with Crippen molar-refractivity contribution in [1.82, 2.24) is 14.8 Å². The summed E-state index contributed by atoms with van der Waals surface area (Å²) in [6.07, 6.45) is 0.115. The summed E-state index contributed by atoms with van der Waals surface area (Å²) in [7, 11) is 0. The molecule has 3 aromatic rings. The van der Waals surface area contributed by atoms with Gasteiger partial charge in [-0.15, -0.1) is 11.3 Å². The molecular weight excluding hydrogens is 382 g/mol. The number of piperazine rings is 1. The van der Waals surface area contributed by atoms with E-state index < -0.39 is 0 Å². The number of nitrogens with zero attached hydrogens (tertiary/aromatic N) is 3. The van der Waals surface area contributed by atoms with Crippen LogP contribution < -0.4 is 4.74 Å². The number of amides is 1. The van der Waals surface area contributed by atoms with Gasteiger partial charge in [0.1, 0.15) is 16.9 Å². The molecule has 0 N–H and O–H groups in total. The molecular formula is C23H25N3O2S. The summed E-state index contributed by atoms with van der Waals surface area (Å²) in [4.78, 5) is 22.3. The number of benzene rings is 2. The maximum absolute atomic E-state index is 13.2. The maximum atomic E-state index is 13.2. The first-order chi connectivity index (χ1) is 14.1. The Balaban J connectivity index is 1.25. The molecule has 1 aromatic heterocycles. The predicted molar refractivity (Wildman–Crippen MR) is 116 cm³/mol. The van der Waals surface area contributed by atoms with Crippen molar-refractivity contribution in [2.75, 3.05) is 26.2 Å². The number of ether oxygens (including phenoxy) is 1. The van der Waals surface area contributed by atoms with Crippen molar-refractivity contribution in [2.45, 2.75) is 32.4 Å². The lowest BCUT2D eigenvalue weighted by Crippen LogP contribution is -2.48. The molecule has 150 valence electrons. The van der Waals surface area contributed by atoms with Gasteiger partial charge in [0.2, 0.25) is 0 Å². The van der Waals surface area contributed by atoms with E-state index in [0.29, 0.717) is 11.5 Å². The minimum Gasteiger partial charge on any atom is -0.489 e. The SMILES string of the molecule is C[C@@H]1Oc2c(C(=O)N3CCN(Cc4nc5ccccc5s4)CC3)cccc2[C@@H]1C. The highest BCUT2D eigenvalue weighted by Crippen LogP contribution is 2.40. The van der Waals surface area contributed by atoms with E-state index in [0.717, 1.165) is 54.6 Å². The first kappa shape index (κ1) is 18.6. The molecule has 29 heavy (non-hydrogen) atoms. The van der Waals surface area contributed by atoms with E-state index in [4.69, 9.17) is 9.72 Å². The normalized spacial score (nSPS) is 21.9. The Bertz CT molecular complexity index is 1020. The van der Waals surface area contributed by atoms with E-state index in [-0.39, 0.29) is 12.0 Å². The average molecular weight is 408 g/mol. The van der Waals surface area contributed by atoms with E-state index in [2.05, 4.69) is 43.0 Å². The second kappa shape index (κ2) is 7.43. The summed E-state index contributed by atoms with van der Waals surface area (Å²) in [5.74, 6) is 1.19. The van der Waals surface area contributed by atoms with Gasteiger partial charge in [-0.25, -0.2) is 4.98 Å². The number of fused-ring (bicyclic) bond motifs is 2. The topological polar surface area (TPSA) is 45.7 Å². The molecule has 0 bridgehead atoms. The molecule has 1 amide bonds. The monoisotopic (exact) mass is 407 g/mol. The first-order valence-corrected chi connectivity index (χ1v) is 11.1. The number of carbonyl (C=O) groups is 1. The van der Waals surface area contributed by atoms with E-state index in [1.54, 1.807) is 11.3 Å². The zero-order chi connectivity index (χ0) is 20.0. The van der Waals surface area contributed by atoms with Crippen LogP contribution in [-0.2, 0) is 6.54 Å². The number of aromatic nitrogens is 1. The maximum Gasteiger partial charge on any atom is 0.257 e. The lowest BCUT2D eigenvalue weighted by atomic mass is 9.96. The van der Waals surface area contributed by atoms with E-state index in [1.165, 1.54) is 4.70 Å². The lowest BCUT2D eigenvalue weighted by Gasteiger charge is -2.34. The van der Waals surface area contributed by atoms with Gasteiger partial charge >= 0.3 is 0 Å². The summed E-state index contributed by atoms with van der Waals surface area (Å²) in [6, 6.07) is 14.2. The number of hydrogen-bond acceptors (Lipinski definition) is 5. The van der Waals surface area contributed by atoms with Crippen LogP contribution in [0.5, 0.6) is 5.75 Å². The molecule has 5 rings (SSSR count). The number of thiazole rings is 1. The number of carbonyl (C=O) groups excluding carboxylic acids is 1. The fourth-order valence-electron chi connectivity index (χ4n) is 4.21. The fourth-order valence-corrected chi connectivity index (χ4v) is 5.22. The summed E-state index contributed by atoms with van der Waals surface area (Å²) >= 11 is 1.76. The Kier molecular flexibility index (Phi) is 4.76. The van der Waals surface area contributed by atoms with Gasteiger partial charge in [-0.05, 0) is 25.1 Å². The van der Waals surface area contributed by atoms with Crippen LogP contribution in [0.4, 0.5) is 0 Å². The number of hydrogen-bond donors (Lipinski definition) is 0. The minimum absolute atomic E-state index is 0.0859. The van der Waals surface area contributed by atoms with Gasteiger partial charge in [0.05, 0.1) is 22.3 Å². The molecule has 2 atom stereocenters. The second-order valence-corrected chi connectivity index (χ2v) is 9.09. The molecule has 6 heteroatoms. The first-order valence-electron chi connectivity index (χ1n) is 10.3. The van der Waals surface area contributed by atoms with Crippen LogP contribution >= 0.6 is 11.3 Å². The van der Waals surface area contributed by atoms with E-state index >= 15 is 0 Å². The summed E-state index contributed by atoms with van der Waals surface area (Å²) in [6.45, 7) is 8.28. The van der Waals surface area contributed by atoms with Gasteiger partial charge in [0.25, 0.3) is 5.91 Å². The highest BCUT2D eigenvalue weighted by atomic mass is 32.1. The van der Waals surface area contributed by atoms with Crippen molar-refractivity contribution in [3.8, 4) is 5.75 Å². The van der Waals surface area contributed by atoms with Crippen molar-refractivity contribution in [3.05, 3.63) is 58.6 Å². The molecule has 0 saturated carbocycles. The van der Waals surface area contributed by atoms with Gasteiger partial charge in [-0.2, -0.15) is 0 Å². The third-order valence-corrected chi connectivity index (χ3v) is 7.15. The van der Waals surface area contributed by atoms with Crippen LogP contribution in [0, 0.1) is 0 Å². The van der Waals surface area contributed by atoms with Gasteiger partial charge < -0.3 is 9.64 Å². The molecule has 3 heterocycles. The molecule has 2 aromatic carbocycles. The van der Waals surface area contributed by atoms with Crippen LogP contribution in [0.25, 0.3) is 10.2 Å². The van der Waals surface area contributed by atoms with E-state index in [9.17, 15) is 4.79 Å². The highest BCUT2D eigenvalue weighted by molar-refractivity contribution is 7.18. The van der Waals surface area contributed by atoms with Crippen LogP contribution in [0.15, 0.2) is 42.5 Å². The Labute approximate surface area is 174 Å². The van der Waals surface area contributed by atoms with Gasteiger partial charge in [0, 0.05) is 37.7 Å². The molecule has 0 spiro atoms. The predicted octanol–water partition coefficient (Wildman–Crippen LogP) is 4.14. The highest BCUT2D eigenvalue weighted by Gasteiger charge is 2.33. The van der Waals surface area contributed by atoms with Crippen molar-refractivity contribution in [3.63, 3.8) is 0 Å². The Morgan fingerprint density at radius 3 is 2.69 bits per heavy atom. The Morgan fingerprint density at radius 1 is 1.10 bits per heavy atom. The van der Waals surface area contributed by atoms with Gasteiger partial charge in [-0.1, -0.05) is 31.2 Å². The van der Waals surface area contributed by atoms with E-state index in [1.807, 2.05) is 23.1 Å². The average Bonchev–Trinajstić information content (AvgIpc) is 3.28. The quantitative estimate of drug-likeness (QED) is 0.655. The molecule has 0 radical (unpaired) electrons. The largest absolute Gasteiger partial charge is 0.489 e. The summed E-state index contributed by atoms with van der Waals surface area (Å²) < 4.78 is 7.26. The Hall–Kier alpha value is -2.44. The van der Waals surface area contributed by atoms with Crippen LogP contribution in [0.2, 0.25) is 0 Å². The Morgan fingerprint density at radius 2 is 1.90 bits per heavy atom. The van der Waals surface area contributed by atoms with Gasteiger partial charge in [-0.3, -0.25) is 9.69 Å². The number of para-hydroxylation sites is 2. The van der Waals surface area contributed by atoms with Crippen molar-refractivity contribution in [1.29, 1.82) is 0 Å². The third-order valence-electron chi connectivity index (χ3n) is 6.13. The standard InChI is InChI=1S/C23H25N3O2S/c1-15-16(2)28-22-17(15)6-5-7-18(22)23(27)26-12-10-25(11-13-26)14-21-24-19-8-3-4-9-20(19)29-21/h3-9,15-16H,10-14H2,1-2H3/t15-,16+/m1/s1. The molecule has 0 aliphatic carbocycles. The van der Waals surface area contributed by atoms with Crippen molar-refractivity contribution in [2.24, 2.45) is 0 Å². The minimum atomic E-state index is 0.0859.